The number of halogens is 1. The van der Waals surface area contributed by atoms with Crippen molar-refractivity contribution in [1.29, 1.82) is 0 Å². The number of morpholine rings is 1. The molecule has 1 heterocycles. The molecule has 2 unspecified atom stereocenters. The SMILES string of the molecule is OC(CC1COCCN1)c1ccc(I)cc1. The van der Waals surface area contributed by atoms with Crippen molar-refractivity contribution in [3.05, 3.63) is 33.4 Å². The minimum Gasteiger partial charge on any atom is -0.388 e. The third-order valence-corrected chi connectivity index (χ3v) is 3.48. The Labute approximate surface area is 109 Å². The first-order valence-electron chi connectivity index (χ1n) is 5.50. The van der Waals surface area contributed by atoms with Gasteiger partial charge in [0.1, 0.15) is 0 Å². The Morgan fingerprint density at radius 2 is 2.19 bits per heavy atom. The van der Waals surface area contributed by atoms with Crippen LogP contribution in [0.15, 0.2) is 24.3 Å². The Morgan fingerprint density at radius 1 is 1.44 bits per heavy atom. The van der Waals surface area contributed by atoms with Gasteiger partial charge in [-0.05, 0) is 46.7 Å². The number of aliphatic hydroxyl groups excluding tert-OH is 1. The third-order valence-electron chi connectivity index (χ3n) is 2.76. The van der Waals surface area contributed by atoms with Gasteiger partial charge in [-0.3, -0.25) is 0 Å². The van der Waals surface area contributed by atoms with Gasteiger partial charge >= 0.3 is 0 Å². The van der Waals surface area contributed by atoms with E-state index in [9.17, 15) is 5.11 Å². The molecule has 2 atom stereocenters. The minimum atomic E-state index is -0.406. The third kappa shape index (κ3) is 3.41. The maximum Gasteiger partial charge on any atom is 0.0805 e. The molecule has 0 saturated carbocycles. The summed E-state index contributed by atoms with van der Waals surface area (Å²) >= 11 is 2.26. The summed E-state index contributed by atoms with van der Waals surface area (Å²) in [5.41, 5.74) is 0.979. The molecule has 2 N–H and O–H groups in total. The number of rotatable bonds is 3. The van der Waals surface area contributed by atoms with Crippen LogP contribution in [0.1, 0.15) is 18.1 Å². The maximum absolute atomic E-state index is 10.1. The van der Waals surface area contributed by atoms with Crippen LogP contribution in [0, 0.1) is 3.57 Å². The summed E-state index contributed by atoms with van der Waals surface area (Å²) in [4.78, 5) is 0. The van der Waals surface area contributed by atoms with Gasteiger partial charge in [-0.15, -0.1) is 0 Å². The lowest BCUT2D eigenvalue weighted by molar-refractivity contribution is 0.0519. The molecule has 0 radical (unpaired) electrons. The molecule has 16 heavy (non-hydrogen) atoms. The zero-order chi connectivity index (χ0) is 11.4. The smallest absolute Gasteiger partial charge is 0.0805 e. The molecule has 1 fully saturated rings. The highest BCUT2D eigenvalue weighted by atomic mass is 127. The van der Waals surface area contributed by atoms with Gasteiger partial charge in [-0.25, -0.2) is 0 Å². The summed E-state index contributed by atoms with van der Waals surface area (Å²) in [6.07, 6.45) is 0.303. The van der Waals surface area contributed by atoms with Crippen LogP contribution in [0.5, 0.6) is 0 Å². The van der Waals surface area contributed by atoms with Gasteiger partial charge in [0.05, 0.1) is 19.3 Å². The molecule has 1 aromatic carbocycles. The van der Waals surface area contributed by atoms with Crippen LogP contribution in [0.2, 0.25) is 0 Å². The molecular weight excluding hydrogens is 317 g/mol. The molecule has 2 rings (SSSR count). The van der Waals surface area contributed by atoms with Crippen molar-refractivity contribution in [1.82, 2.24) is 5.32 Å². The standard InChI is InChI=1S/C12H16INO2/c13-10-3-1-9(2-4-10)12(15)7-11-8-16-6-5-14-11/h1-4,11-12,14-15H,5-8H2. The number of aliphatic hydroxyl groups is 1. The predicted octanol–water partition coefficient (Wildman–Crippen LogP) is 1.70. The molecule has 0 spiro atoms. The van der Waals surface area contributed by atoms with E-state index in [-0.39, 0.29) is 6.04 Å². The fraction of sp³-hybridized carbons (Fsp3) is 0.500. The van der Waals surface area contributed by atoms with Crippen LogP contribution in [0.3, 0.4) is 0 Å². The van der Waals surface area contributed by atoms with E-state index in [4.69, 9.17) is 4.74 Å². The van der Waals surface area contributed by atoms with Gasteiger partial charge in [-0.1, -0.05) is 12.1 Å². The topological polar surface area (TPSA) is 41.5 Å². The van der Waals surface area contributed by atoms with E-state index < -0.39 is 6.10 Å². The van der Waals surface area contributed by atoms with Crippen LogP contribution >= 0.6 is 22.6 Å². The second-order valence-corrected chi connectivity index (χ2v) is 5.27. The normalized spacial score (nSPS) is 23.0. The molecule has 0 aromatic heterocycles. The Balaban J connectivity index is 1.91. The lowest BCUT2D eigenvalue weighted by atomic mass is 10.0. The van der Waals surface area contributed by atoms with Crippen LogP contribution in [-0.4, -0.2) is 30.9 Å². The van der Waals surface area contributed by atoms with Crippen molar-refractivity contribution in [2.45, 2.75) is 18.6 Å². The van der Waals surface area contributed by atoms with Crippen LogP contribution in [0.4, 0.5) is 0 Å². The first-order chi connectivity index (χ1) is 7.75. The van der Waals surface area contributed by atoms with Gasteiger partial charge in [0.15, 0.2) is 0 Å². The lowest BCUT2D eigenvalue weighted by Crippen LogP contribution is -2.42. The van der Waals surface area contributed by atoms with Crippen molar-refractivity contribution in [2.75, 3.05) is 19.8 Å². The number of hydrogen-bond acceptors (Lipinski definition) is 3. The average Bonchev–Trinajstić information content (AvgIpc) is 2.31. The Kier molecular flexibility index (Phi) is 4.57. The van der Waals surface area contributed by atoms with E-state index in [0.717, 1.165) is 18.7 Å². The minimum absolute atomic E-state index is 0.267. The lowest BCUT2D eigenvalue weighted by Gasteiger charge is -2.25. The largest absolute Gasteiger partial charge is 0.388 e. The molecule has 4 heteroatoms. The molecule has 0 amide bonds. The molecule has 3 nitrogen and oxygen atoms in total. The number of hydrogen-bond donors (Lipinski definition) is 2. The molecule has 1 aromatic rings. The van der Waals surface area contributed by atoms with Crippen LogP contribution < -0.4 is 5.32 Å². The van der Waals surface area contributed by atoms with Crippen LogP contribution in [0.25, 0.3) is 0 Å². The van der Waals surface area contributed by atoms with E-state index in [2.05, 4.69) is 27.9 Å². The number of ether oxygens (including phenoxy) is 1. The Hall–Kier alpha value is -0.170. The van der Waals surface area contributed by atoms with Crippen molar-refractivity contribution in [2.24, 2.45) is 0 Å². The van der Waals surface area contributed by atoms with Gasteiger partial charge in [0.2, 0.25) is 0 Å². The predicted molar refractivity (Wildman–Crippen MR) is 71.3 cm³/mol. The molecule has 0 bridgehead atoms. The fourth-order valence-electron chi connectivity index (χ4n) is 1.86. The van der Waals surface area contributed by atoms with Gasteiger partial charge in [-0.2, -0.15) is 0 Å². The summed E-state index contributed by atoms with van der Waals surface area (Å²) in [7, 11) is 0. The van der Waals surface area contributed by atoms with E-state index >= 15 is 0 Å². The molecule has 1 aliphatic heterocycles. The summed E-state index contributed by atoms with van der Waals surface area (Å²) in [5.74, 6) is 0. The maximum atomic E-state index is 10.1. The zero-order valence-electron chi connectivity index (χ0n) is 9.03. The molecule has 0 aliphatic carbocycles. The highest BCUT2D eigenvalue weighted by molar-refractivity contribution is 14.1. The second kappa shape index (κ2) is 5.95. The van der Waals surface area contributed by atoms with E-state index in [1.165, 1.54) is 3.57 Å². The average molecular weight is 333 g/mol. The fourth-order valence-corrected chi connectivity index (χ4v) is 2.22. The van der Waals surface area contributed by atoms with E-state index in [0.29, 0.717) is 13.0 Å². The summed E-state index contributed by atoms with van der Waals surface area (Å²) < 4.78 is 6.55. The van der Waals surface area contributed by atoms with Gasteiger partial charge in [0, 0.05) is 16.2 Å². The highest BCUT2D eigenvalue weighted by Crippen LogP contribution is 2.20. The summed E-state index contributed by atoms with van der Waals surface area (Å²) in [6.45, 7) is 2.35. The highest BCUT2D eigenvalue weighted by Gasteiger charge is 2.18. The van der Waals surface area contributed by atoms with Crippen molar-refractivity contribution in [3.8, 4) is 0 Å². The van der Waals surface area contributed by atoms with Crippen molar-refractivity contribution >= 4 is 22.6 Å². The van der Waals surface area contributed by atoms with Crippen molar-refractivity contribution in [3.63, 3.8) is 0 Å². The second-order valence-electron chi connectivity index (χ2n) is 4.03. The first-order valence-corrected chi connectivity index (χ1v) is 6.58. The Bertz CT molecular complexity index is 322. The van der Waals surface area contributed by atoms with E-state index in [1.54, 1.807) is 0 Å². The first kappa shape index (κ1) is 12.3. The van der Waals surface area contributed by atoms with Gasteiger partial charge < -0.3 is 15.2 Å². The summed E-state index contributed by atoms with van der Waals surface area (Å²) in [5, 5.41) is 13.4. The quantitative estimate of drug-likeness (QED) is 0.828. The molecule has 88 valence electrons. The number of benzene rings is 1. The van der Waals surface area contributed by atoms with E-state index in [1.807, 2.05) is 24.3 Å². The molecular formula is C12H16INO2. The monoisotopic (exact) mass is 333 g/mol. The Morgan fingerprint density at radius 3 is 2.81 bits per heavy atom. The molecule has 1 aliphatic rings. The summed E-state index contributed by atoms with van der Waals surface area (Å²) in [6, 6.07) is 8.27. The van der Waals surface area contributed by atoms with Crippen LogP contribution in [-0.2, 0) is 4.74 Å². The zero-order valence-corrected chi connectivity index (χ0v) is 11.2. The molecule has 1 saturated heterocycles. The van der Waals surface area contributed by atoms with Gasteiger partial charge in [0.25, 0.3) is 0 Å². The number of nitrogens with one attached hydrogen (secondary N) is 1. The van der Waals surface area contributed by atoms with Crippen molar-refractivity contribution < 1.29 is 9.84 Å².